The molecule has 23 heavy (non-hydrogen) atoms. The van der Waals surface area contributed by atoms with Crippen LogP contribution in [0.25, 0.3) is 10.2 Å². The fraction of sp³-hybridized carbons (Fsp3) is 0.438. The minimum atomic E-state index is -1.01. The molecule has 122 valence electrons. The molecule has 1 aliphatic heterocycles. The van der Waals surface area contributed by atoms with Gasteiger partial charge in [0.25, 0.3) is 5.91 Å². The third-order valence-corrected chi connectivity index (χ3v) is 5.37. The molecular formula is C16H18N2O4S. The quantitative estimate of drug-likeness (QED) is 0.929. The van der Waals surface area contributed by atoms with Crippen molar-refractivity contribution in [3.63, 3.8) is 0 Å². The first kappa shape index (κ1) is 15.9. The van der Waals surface area contributed by atoms with Gasteiger partial charge in [-0.05, 0) is 31.9 Å². The summed E-state index contributed by atoms with van der Waals surface area (Å²) < 4.78 is 6.42. The van der Waals surface area contributed by atoms with Crippen molar-refractivity contribution in [3.8, 4) is 0 Å². The summed E-state index contributed by atoms with van der Waals surface area (Å²) in [4.78, 5) is 29.6. The molecule has 0 radical (unpaired) electrons. The largest absolute Gasteiger partial charge is 0.479 e. The van der Waals surface area contributed by atoms with Crippen LogP contribution in [0.4, 0.5) is 0 Å². The maximum atomic E-state index is 12.5. The number of carboxylic acid groups (broad SMARTS) is 1. The van der Waals surface area contributed by atoms with E-state index in [1.807, 2.05) is 31.2 Å². The molecule has 1 saturated heterocycles. The molecule has 1 aliphatic rings. The first-order chi connectivity index (χ1) is 11.0. The lowest BCUT2D eigenvalue weighted by Gasteiger charge is -2.26. The third kappa shape index (κ3) is 3.07. The van der Waals surface area contributed by atoms with E-state index in [0.29, 0.717) is 12.8 Å². The van der Waals surface area contributed by atoms with Gasteiger partial charge in [0.2, 0.25) is 0 Å². The fourth-order valence-electron chi connectivity index (χ4n) is 2.65. The second-order valence-corrected chi connectivity index (χ2v) is 6.74. The lowest BCUT2D eigenvalue weighted by molar-refractivity contribution is -0.155. The smallest absolute Gasteiger partial charge is 0.332 e. The molecule has 0 bridgehead atoms. The maximum absolute atomic E-state index is 12.5. The number of benzene rings is 1. The number of thiazole rings is 1. The summed E-state index contributed by atoms with van der Waals surface area (Å²) in [6.07, 6.45) is -0.755. The average Bonchev–Trinajstić information content (AvgIpc) is 3.19. The highest BCUT2D eigenvalue weighted by Gasteiger charge is 2.37. The van der Waals surface area contributed by atoms with Crippen LogP contribution in [-0.2, 0) is 14.3 Å². The molecule has 1 unspecified atom stereocenters. The fourth-order valence-corrected chi connectivity index (χ4v) is 3.72. The molecule has 1 N–H and O–H groups in total. The molecule has 0 spiro atoms. The van der Waals surface area contributed by atoms with Gasteiger partial charge in [0.05, 0.1) is 16.3 Å². The Labute approximate surface area is 137 Å². The molecule has 7 heteroatoms. The summed E-state index contributed by atoms with van der Waals surface area (Å²) in [7, 11) is 1.70. The van der Waals surface area contributed by atoms with Crippen molar-refractivity contribution in [2.24, 2.45) is 0 Å². The Kier molecular flexibility index (Phi) is 4.32. The highest BCUT2D eigenvalue weighted by atomic mass is 32.1. The number of carbonyl (C=O) groups excluding carboxylic acids is 1. The number of likely N-dealkylation sites (N-methyl/N-ethyl adjacent to an activating group) is 1. The molecule has 1 aromatic carbocycles. The van der Waals surface area contributed by atoms with Gasteiger partial charge in [-0.2, -0.15) is 0 Å². The van der Waals surface area contributed by atoms with Crippen molar-refractivity contribution in [2.75, 3.05) is 7.05 Å². The van der Waals surface area contributed by atoms with Gasteiger partial charge < -0.3 is 14.7 Å². The zero-order valence-corrected chi connectivity index (χ0v) is 13.7. The van der Waals surface area contributed by atoms with Crippen LogP contribution >= 0.6 is 11.3 Å². The SMILES string of the molecule is CC(c1nc2ccccc2s1)N(C)C(=O)[C@@H]1CC[C@H](C(=O)O)O1. The van der Waals surface area contributed by atoms with E-state index >= 15 is 0 Å². The van der Waals surface area contributed by atoms with Crippen molar-refractivity contribution in [2.45, 2.75) is 38.0 Å². The number of hydrogen-bond acceptors (Lipinski definition) is 5. The number of fused-ring (bicyclic) bond motifs is 1. The average molecular weight is 334 g/mol. The molecule has 2 heterocycles. The van der Waals surface area contributed by atoms with Gasteiger partial charge >= 0.3 is 5.97 Å². The van der Waals surface area contributed by atoms with Crippen LogP contribution in [0.1, 0.15) is 30.8 Å². The Balaban J connectivity index is 1.72. The number of ether oxygens (including phenoxy) is 1. The monoisotopic (exact) mass is 334 g/mol. The topological polar surface area (TPSA) is 79.7 Å². The van der Waals surface area contributed by atoms with Crippen molar-refractivity contribution < 1.29 is 19.4 Å². The predicted octanol–water partition coefficient (Wildman–Crippen LogP) is 2.45. The summed E-state index contributed by atoms with van der Waals surface area (Å²) in [6.45, 7) is 1.92. The van der Waals surface area contributed by atoms with E-state index in [-0.39, 0.29) is 11.9 Å². The molecule has 1 fully saturated rings. The third-order valence-electron chi connectivity index (χ3n) is 4.17. The molecule has 1 amide bonds. The van der Waals surface area contributed by atoms with Gasteiger partial charge in [0, 0.05) is 7.05 Å². The number of carbonyl (C=O) groups is 2. The van der Waals surface area contributed by atoms with Gasteiger partial charge in [-0.1, -0.05) is 12.1 Å². The number of para-hydroxylation sites is 1. The molecule has 1 aromatic heterocycles. The highest BCUT2D eigenvalue weighted by molar-refractivity contribution is 7.18. The molecule has 3 rings (SSSR count). The van der Waals surface area contributed by atoms with Crippen molar-refractivity contribution in [1.82, 2.24) is 9.88 Å². The van der Waals surface area contributed by atoms with Gasteiger partial charge in [-0.25, -0.2) is 9.78 Å². The molecule has 3 atom stereocenters. The number of aromatic nitrogens is 1. The second-order valence-electron chi connectivity index (χ2n) is 5.67. The van der Waals surface area contributed by atoms with Crippen LogP contribution in [0.3, 0.4) is 0 Å². The van der Waals surface area contributed by atoms with Crippen molar-refractivity contribution in [1.29, 1.82) is 0 Å². The minimum Gasteiger partial charge on any atom is -0.479 e. The predicted molar refractivity (Wildman–Crippen MR) is 86.3 cm³/mol. The zero-order chi connectivity index (χ0) is 16.6. The molecule has 6 nitrogen and oxygen atoms in total. The van der Waals surface area contributed by atoms with E-state index in [1.165, 1.54) is 0 Å². The summed E-state index contributed by atoms with van der Waals surface area (Å²) >= 11 is 1.56. The Morgan fingerprint density at radius 1 is 1.35 bits per heavy atom. The van der Waals surface area contributed by atoms with Gasteiger partial charge in [0.1, 0.15) is 11.1 Å². The molecular weight excluding hydrogens is 316 g/mol. The van der Waals surface area contributed by atoms with Crippen LogP contribution in [-0.4, -0.2) is 46.1 Å². The Morgan fingerprint density at radius 2 is 2.04 bits per heavy atom. The second kappa shape index (κ2) is 6.25. The van der Waals surface area contributed by atoms with Gasteiger partial charge in [0.15, 0.2) is 6.10 Å². The van der Waals surface area contributed by atoms with Crippen molar-refractivity contribution in [3.05, 3.63) is 29.3 Å². The van der Waals surface area contributed by atoms with E-state index in [2.05, 4.69) is 4.98 Å². The van der Waals surface area contributed by atoms with Crippen LogP contribution in [0.2, 0.25) is 0 Å². The van der Waals surface area contributed by atoms with Crippen LogP contribution in [0, 0.1) is 0 Å². The van der Waals surface area contributed by atoms with Crippen LogP contribution in [0.5, 0.6) is 0 Å². The first-order valence-corrected chi connectivity index (χ1v) is 8.29. The number of aliphatic carboxylic acids is 1. The summed E-state index contributed by atoms with van der Waals surface area (Å²) in [5.74, 6) is -1.21. The summed E-state index contributed by atoms with van der Waals surface area (Å²) in [6, 6.07) is 7.66. The summed E-state index contributed by atoms with van der Waals surface area (Å²) in [5.41, 5.74) is 0.920. The zero-order valence-electron chi connectivity index (χ0n) is 12.9. The highest BCUT2D eigenvalue weighted by Crippen LogP contribution is 2.30. The van der Waals surface area contributed by atoms with E-state index in [9.17, 15) is 9.59 Å². The minimum absolute atomic E-state index is 0.188. The van der Waals surface area contributed by atoms with E-state index in [1.54, 1.807) is 23.3 Å². The number of amides is 1. The lowest BCUT2D eigenvalue weighted by atomic mass is 10.1. The Hall–Kier alpha value is -1.99. The Morgan fingerprint density at radius 3 is 2.70 bits per heavy atom. The standard InChI is InChI=1S/C16H18N2O4S/c1-9(14-17-10-5-3-4-6-13(10)23-14)18(2)15(19)11-7-8-12(22-11)16(20)21/h3-6,9,11-12H,7-8H2,1-2H3,(H,20,21)/t9?,11-,12+/m0/s1. The molecule has 0 saturated carbocycles. The maximum Gasteiger partial charge on any atom is 0.332 e. The van der Waals surface area contributed by atoms with E-state index < -0.39 is 18.2 Å². The Bertz CT molecular complexity index is 712. The van der Waals surface area contributed by atoms with Gasteiger partial charge in [-0.3, -0.25) is 4.79 Å². The molecule has 2 aromatic rings. The van der Waals surface area contributed by atoms with Crippen molar-refractivity contribution >= 4 is 33.4 Å². The van der Waals surface area contributed by atoms with Crippen LogP contribution < -0.4 is 0 Å². The number of nitrogens with zero attached hydrogens (tertiary/aromatic N) is 2. The lowest BCUT2D eigenvalue weighted by Crippen LogP contribution is -2.38. The first-order valence-electron chi connectivity index (χ1n) is 7.47. The number of rotatable bonds is 4. The molecule has 0 aliphatic carbocycles. The summed E-state index contributed by atoms with van der Waals surface area (Å²) in [5, 5.41) is 9.82. The number of hydrogen-bond donors (Lipinski definition) is 1. The van der Waals surface area contributed by atoms with E-state index in [4.69, 9.17) is 9.84 Å². The number of carboxylic acids is 1. The van der Waals surface area contributed by atoms with Gasteiger partial charge in [-0.15, -0.1) is 11.3 Å². The normalized spacial score (nSPS) is 22.2. The van der Waals surface area contributed by atoms with E-state index in [0.717, 1.165) is 15.2 Å². The van der Waals surface area contributed by atoms with Crippen LogP contribution in [0.15, 0.2) is 24.3 Å².